The van der Waals surface area contributed by atoms with Gasteiger partial charge in [0, 0.05) is 38.4 Å². The molecule has 164 valence electrons. The van der Waals surface area contributed by atoms with Crippen molar-refractivity contribution in [1.29, 1.82) is 0 Å². The average molecular weight is 433 g/mol. The van der Waals surface area contributed by atoms with Crippen molar-refractivity contribution in [2.24, 2.45) is 0 Å². The third kappa shape index (κ3) is 4.56. The maximum absolute atomic E-state index is 14.1. The Bertz CT molecular complexity index is 1180. The van der Waals surface area contributed by atoms with Gasteiger partial charge in [-0.2, -0.15) is 0 Å². The van der Waals surface area contributed by atoms with Crippen molar-refractivity contribution in [3.63, 3.8) is 0 Å². The molecule has 0 atom stereocenters. The van der Waals surface area contributed by atoms with Gasteiger partial charge in [-0.25, -0.2) is 4.39 Å². The van der Waals surface area contributed by atoms with Gasteiger partial charge in [0.1, 0.15) is 17.3 Å². The normalized spacial score (nSPS) is 14.4. The number of hydrogen-bond donors (Lipinski definition) is 0. The predicted molar refractivity (Wildman–Crippen MR) is 123 cm³/mol. The fraction of sp³-hybridized carbons (Fsp3) is 0.200. The lowest BCUT2D eigenvalue weighted by molar-refractivity contribution is -0.125. The number of aromatic nitrogens is 1. The van der Waals surface area contributed by atoms with Gasteiger partial charge in [-0.3, -0.25) is 14.2 Å². The van der Waals surface area contributed by atoms with Crippen molar-refractivity contribution in [3.05, 3.63) is 94.7 Å². The topological polar surface area (TPSA) is 54.8 Å². The van der Waals surface area contributed by atoms with E-state index in [0.717, 1.165) is 5.56 Å². The first kappa shape index (κ1) is 21.4. The number of carbonyl (C=O) groups is 1. The van der Waals surface area contributed by atoms with Crippen LogP contribution in [0.3, 0.4) is 0 Å². The van der Waals surface area contributed by atoms with E-state index in [4.69, 9.17) is 4.74 Å². The number of benzene rings is 2. The zero-order valence-electron chi connectivity index (χ0n) is 17.8. The lowest BCUT2D eigenvalue weighted by Crippen LogP contribution is -2.49. The van der Waals surface area contributed by atoms with Gasteiger partial charge in [-0.15, -0.1) is 0 Å². The number of halogens is 1. The molecule has 0 N–H and O–H groups in total. The van der Waals surface area contributed by atoms with Gasteiger partial charge in [-0.1, -0.05) is 30.3 Å². The van der Waals surface area contributed by atoms with Crippen LogP contribution in [-0.2, 0) is 4.79 Å². The minimum absolute atomic E-state index is 0.248. The van der Waals surface area contributed by atoms with Crippen molar-refractivity contribution < 1.29 is 13.9 Å². The van der Waals surface area contributed by atoms with E-state index in [1.165, 1.54) is 16.7 Å². The second kappa shape index (κ2) is 9.51. The Labute approximate surface area is 185 Å². The average Bonchev–Trinajstić information content (AvgIpc) is 2.83. The van der Waals surface area contributed by atoms with Gasteiger partial charge in [0.05, 0.1) is 12.8 Å². The molecule has 3 aromatic rings. The van der Waals surface area contributed by atoms with E-state index in [1.807, 2.05) is 17.0 Å². The molecule has 0 radical (unpaired) electrons. The molecule has 1 aromatic heterocycles. The van der Waals surface area contributed by atoms with Crippen LogP contribution in [0.25, 0.3) is 11.8 Å². The molecule has 6 nitrogen and oxygen atoms in total. The van der Waals surface area contributed by atoms with Crippen molar-refractivity contribution in [2.75, 3.05) is 38.2 Å². The highest BCUT2D eigenvalue weighted by Crippen LogP contribution is 2.22. The van der Waals surface area contributed by atoms with Gasteiger partial charge in [-0.05, 0) is 42.0 Å². The standard InChI is InChI=1S/C25H24FN3O3/c1-32-20-11-9-19(10-12-20)18-23(29-13-5-4-8-24(29)30)25(31)28-16-14-27(15-17-28)22-7-3-2-6-21(22)26/h2-13,18H,14-17H2,1H3. The molecule has 7 heteroatoms. The summed E-state index contributed by atoms with van der Waals surface area (Å²) in [7, 11) is 1.59. The van der Waals surface area contributed by atoms with Crippen LogP contribution in [0.15, 0.2) is 77.7 Å². The second-order valence-corrected chi connectivity index (χ2v) is 7.44. The van der Waals surface area contributed by atoms with E-state index in [2.05, 4.69) is 0 Å². The summed E-state index contributed by atoms with van der Waals surface area (Å²) < 4.78 is 20.7. The summed E-state index contributed by atoms with van der Waals surface area (Å²) in [6.45, 7) is 1.86. The molecule has 1 fully saturated rings. The first-order valence-electron chi connectivity index (χ1n) is 10.4. The number of para-hydroxylation sites is 1. The van der Waals surface area contributed by atoms with E-state index in [1.54, 1.807) is 66.7 Å². The fourth-order valence-electron chi connectivity index (χ4n) is 3.74. The monoisotopic (exact) mass is 433 g/mol. The molecule has 2 heterocycles. The Hall–Kier alpha value is -3.87. The number of methoxy groups -OCH3 is 1. The molecule has 1 amide bonds. The van der Waals surface area contributed by atoms with Crippen LogP contribution in [0.2, 0.25) is 0 Å². The molecule has 32 heavy (non-hydrogen) atoms. The van der Waals surface area contributed by atoms with Crippen LogP contribution in [0.5, 0.6) is 5.75 Å². The Morgan fingerprint density at radius 1 is 0.938 bits per heavy atom. The lowest BCUT2D eigenvalue weighted by atomic mass is 10.1. The highest BCUT2D eigenvalue weighted by molar-refractivity contribution is 6.18. The molecule has 0 unspecified atom stereocenters. The zero-order chi connectivity index (χ0) is 22.5. The van der Waals surface area contributed by atoms with E-state index in [0.29, 0.717) is 37.6 Å². The van der Waals surface area contributed by atoms with Crippen LogP contribution >= 0.6 is 0 Å². The molecule has 0 bridgehead atoms. The van der Waals surface area contributed by atoms with E-state index < -0.39 is 0 Å². The summed E-state index contributed by atoms with van der Waals surface area (Å²) in [6, 6.07) is 18.7. The number of piperazine rings is 1. The number of ether oxygens (including phenoxy) is 1. The predicted octanol–water partition coefficient (Wildman–Crippen LogP) is 3.34. The van der Waals surface area contributed by atoms with Crippen molar-refractivity contribution >= 4 is 23.4 Å². The SMILES string of the molecule is COc1ccc(C=C(C(=O)N2CCN(c3ccccc3F)CC2)n2ccccc2=O)cc1. The highest BCUT2D eigenvalue weighted by Gasteiger charge is 2.26. The molecule has 0 aliphatic carbocycles. The molecule has 0 saturated carbocycles. The van der Waals surface area contributed by atoms with E-state index >= 15 is 0 Å². The first-order chi connectivity index (χ1) is 15.6. The van der Waals surface area contributed by atoms with Crippen LogP contribution < -0.4 is 15.2 Å². The van der Waals surface area contributed by atoms with Gasteiger partial charge in [0.25, 0.3) is 11.5 Å². The maximum Gasteiger partial charge on any atom is 0.271 e. The largest absolute Gasteiger partial charge is 0.497 e. The summed E-state index contributed by atoms with van der Waals surface area (Å²) in [4.78, 5) is 29.6. The number of hydrogen-bond acceptors (Lipinski definition) is 4. The quantitative estimate of drug-likeness (QED) is 0.579. The van der Waals surface area contributed by atoms with Crippen molar-refractivity contribution in [1.82, 2.24) is 9.47 Å². The summed E-state index contributed by atoms with van der Waals surface area (Å²) >= 11 is 0. The second-order valence-electron chi connectivity index (χ2n) is 7.44. The van der Waals surface area contributed by atoms with Crippen molar-refractivity contribution in [3.8, 4) is 5.75 Å². The lowest BCUT2D eigenvalue weighted by Gasteiger charge is -2.36. The van der Waals surface area contributed by atoms with Crippen LogP contribution in [0, 0.1) is 5.82 Å². The smallest absolute Gasteiger partial charge is 0.271 e. The first-order valence-corrected chi connectivity index (χ1v) is 10.4. The number of rotatable bonds is 5. The number of anilines is 1. The number of carbonyl (C=O) groups excluding carboxylic acids is 1. The van der Waals surface area contributed by atoms with Gasteiger partial charge in [0.15, 0.2) is 0 Å². The molecule has 1 saturated heterocycles. The molecular weight excluding hydrogens is 409 g/mol. The third-order valence-electron chi connectivity index (χ3n) is 5.48. The van der Waals surface area contributed by atoms with Gasteiger partial charge < -0.3 is 14.5 Å². The van der Waals surface area contributed by atoms with E-state index in [-0.39, 0.29) is 23.0 Å². The Morgan fingerprint density at radius 2 is 1.62 bits per heavy atom. The van der Waals surface area contributed by atoms with Gasteiger partial charge in [0.2, 0.25) is 0 Å². The Balaban J connectivity index is 1.60. The van der Waals surface area contributed by atoms with Crippen molar-refractivity contribution in [2.45, 2.75) is 0 Å². The molecule has 1 aliphatic heterocycles. The molecule has 4 rings (SSSR count). The summed E-state index contributed by atoms with van der Waals surface area (Å²) in [6.07, 6.45) is 3.29. The van der Waals surface area contributed by atoms with E-state index in [9.17, 15) is 14.0 Å². The summed E-state index contributed by atoms with van der Waals surface area (Å²) in [5.41, 5.74) is 1.29. The Kier molecular flexibility index (Phi) is 6.35. The number of amides is 1. The Morgan fingerprint density at radius 3 is 2.28 bits per heavy atom. The highest BCUT2D eigenvalue weighted by atomic mass is 19.1. The minimum Gasteiger partial charge on any atom is -0.497 e. The van der Waals surface area contributed by atoms with Gasteiger partial charge >= 0.3 is 0 Å². The van der Waals surface area contributed by atoms with Crippen LogP contribution in [0.1, 0.15) is 5.56 Å². The molecule has 2 aromatic carbocycles. The summed E-state index contributed by atoms with van der Waals surface area (Å²) in [5, 5.41) is 0. The fourth-order valence-corrected chi connectivity index (χ4v) is 3.74. The molecular formula is C25H24FN3O3. The summed E-state index contributed by atoms with van der Waals surface area (Å²) in [5.74, 6) is 0.182. The maximum atomic E-state index is 14.1. The third-order valence-corrected chi connectivity index (χ3v) is 5.48. The molecule has 0 spiro atoms. The minimum atomic E-state index is -0.286. The zero-order valence-corrected chi connectivity index (χ0v) is 17.8. The van der Waals surface area contributed by atoms with Crippen LogP contribution in [-0.4, -0.2) is 48.7 Å². The number of pyridine rings is 1. The number of nitrogens with zero attached hydrogens (tertiary/aromatic N) is 3. The molecule has 1 aliphatic rings. The van der Waals surface area contributed by atoms with Crippen LogP contribution in [0.4, 0.5) is 10.1 Å².